The molecule has 0 bridgehead atoms. The third-order valence-electron chi connectivity index (χ3n) is 3.68. The predicted octanol–water partition coefficient (Wildman–Crippen LogP) is 3.30. The maximum absolute atomic E-state index is 12.1. The number of rotatable bonds is 7. The minimum Gasteiger partial charge on any atom is -0.492 e. The first-order chi connectivity index (χ1) is 11.5. The molecule has 0 unspecified atom stereocenters. The minimum absolute atomic E-state index is 0.0138. The van der Waals surface area contributed by atoms with E-state index < -0.39 is 0 Å². The SMILES string of the molecule is CCOc1ccc(CCC(=O)Nc2ccc(N(C)C)cc2)cc1N. The van der Waals surface area contributed by atoms with Gasteiger partial charge < -0.3 is 20.7 Å². The van der Waals surface area contributed by atoms with Crippen LogP contribution in [0.15, 0.2) is 42.5 Å². The summed E-state index contributed by atoms with van der Waals surface area (Å²) in [5, 5.41) is 2.91. The first-order valence-electron chi connectivity index (χ1n) is 8.08. The van der Waals surface area contributed by atoms with Crippen LogP contribution in [-0.4, -0.2) is 26.6 Å². The molecule has 0 fully saturated rings. The molecule has 0 saturated heterocycles. The van der Waals surface area contributed by atoms with Gasteiger partial charge in [0.15, 0.2) is 0 Å². The Hall–Kier alpha value is -2.69. The quantitative estimate of drug-likeness (QED) is 0.766. The van der Waals surface area contributed by atoms with Crippen molar-refractivity contribution < 1.29 is 9.53 Å². The molecule has 1 amide bonds. The number of ether oxygens (including phenoxy) is 1. The first-order valence-corrected chi connectivity index (χ1v) is 8.08. The average molecular weight is 327 g/mol. The number of hydrogen-bond acceptors (Lipinski definition) is 4. The second-order valence-electron chi connectivity index (χ2n) is 5.79. The standard InChI is InChI=1S/C19H25N3O2/c1-4-24-18-11-5-14(13-17(18)20)6-12-19(23)21-15-7-9-16(10-8-15)22(2)3/h5,7-11,13H,4,6,12,20H2,1-3H3,(H,21,23). The van der Waals surface area contributed by atoms with Crippen LogP contribution in [0.4, 0.5) is 17.1 Å². The highest BCUT2D eigenvalue weighted by molar-refractivity contribution is 5.91. The molecule has 0 aliphatic rings. The zero-order valence-electron chi connectivity index (χ0n) is 14.5. The number of hydrogen-bond donors (Lipinski definition) is 2. The van der Waals surface area contributed by atoms with Crippen molar-refractivity contribution in [3.8, 4) is 5.75 Å². The van der Waals surface area contributed by atoms with Gasteiger partial charge in [-0.3, -0.25) is 4.79 Å². The van der Waals surface area contributed by atoms with Crippen molar-refractivity contribution in [2.45, 2.75) is 19.8 Å². The van der Waals surface area contributed by atoms with Crippen LogP contribution in [0.25, 0.3) is 0 Å². The molecule has 2 aromatic carbocycles. The number of benzene rings is 2. The van der Waals surface area contributed by atoms with Crippen LogP contribution in [-0.2, 0) is 11.2 Å². The number of carbonyl (C=O) groups is 1. The normalized spacial score (nSPS) is 10.3. The van der Waals surface area contributed by atoms with Crippen LogP contribution in [0.3, 0.4) is 0 Å². The number of carbonyl (C=O) groups excluding carboxylic acids is 1. The van der Waals surface area contributed by atoms with Crippen LogP contribution in [0.2, 0.25) is 0 Å². The third kappa shape index (κ3) is 4.91. The van der Waals surface area contributed by atoms with Gasteiger partial charge >= 0.3 is 0 Å². The van der Waals surface area contributed by atoms with Crippen molar-refractivity contribution >= 4 is 23.0 Å². The minimum atomic E-state index is -0.0138. The zero-order valence-corrected chi connectivity index (χ0v) is 14.5. The van der Waals surface area contributed by atoms with Crippen LogP contribution in [0.5, 0.6) is 5.75 Å². The number of aryl methyl sites for hydroxylation is 1. The Morgan fingerprint density at radius 2 is 1.88 bits per heavy atom. The lowest BCUT2D eigenvalue weighted by Gasteiger charge is -2.13. The van der Waals surface area contributed by atoms with Crippen molar-refractivity contribution in [3.63, 3.8) is 0 Å². The molecule has 5 nitrogen and oxygen atoms in total. The maximum atomic E-state index is 12.1. The van der Waals surface area contributed by atoms with Gasteiger partial charge in [0, 0.05) is 31.9 Å². The summed E-state index contributed by atoms with van der Waals surface area (Å²) in [6, 6.07) is 13.4. The van der Waals surface area contributed by atoms with Gasteiger partial charge in [-0.2, -0.15) is 0 Å². The predicted molar refractivity (Wildman–Crippen MR) is 99.7 cm³/mol. The van der Waals surface area contributed by atoms with Gasteiger partial charge in [0.1, 0.15) is 5.75 Å². The summed E-state index contributed by atoms with van der Waals surface area (Å²) in [7, 11) is 3.96. The fraction of sp³-hybridized carbons (Fsp3) is 0.316. The van der Waals surface area contributed by atoms with E-state index in [4.69, 9.17) is 10.5 Å². The molecule has 0 heterocycles. The summed E-state index contributed by atoms with van der Waals surface area (Å²) >= 11 is 0. The van der Waals surface area contributed by atoms with Gasteiger partial charge in [0.2, 0.25) is 5.91 Å². The number of nitrogen functional groups attached to an aromatic ring is 1. The summed E-state index contributed by atoms with van der Waals surface area (Å²) in [5.74, 6) is 0.673. The molecule has 2 rings (SSSR count). The average Bonchev–Trinajstić information content (AvgIpc) is 2.56. The highest BCUT2D eigenvalue weighted by atomic mass is 16.5. The largest absolute Gasteiger partial charge is 0.492 e. The molecule has 0 atom stereocenters. The van der Waals surface area contributed by atoms with E-state index in [2.05, 4.69) is 5.32 Å². The second kappa shape index (κ2) is 8.24. The van der Waals surface area contributed by atoms with E-state index in [1.807, 2.05) is 68.4 Å². The van der Waals surface area contributed by atoms with Gasteiger partial charge in [-0.15, -0.1) is 0 Å². The molecule has 3 N–H and O–H groups in total. The summed E-state index contributed by atoms with van der Waals surface area (Å²) in [6.07, 6.45) is 1.04. The van der Waals surface area contributed by atoms with Crippen LogP contribution >= 0.6 is 0 Å². The molecule has 24 heavy (non-hydrogen) atoms. The first kappa shape index (κ1) is 17.7. The van der Waals surface area contributed by atoms with E-state index in [1.165, 1.54) is 0 Å². The fourth-order valence-electron chi connectivity index (χ4n) is 2.36. The second-order valence-corrected chi connectivity index (χ2v) is 5.79. The Balaban J connectivity index is 1.87. The van der Waals surface area contributed by atoms with Crippen molar-refractivity contribution in [2.24, 2.45) is 0 Å². The molecule has 2 aromatic rings. The molecule has 0 aliphatic carbocycles. The lowest BCUT2D eigenvalue weighted by molar-refractivity contribution is -0.116. The van der Waals surface area contributed by atoms with E-state index in [-0.39, 0.29) is 5.91 Å². The van der Waals surface area contributed by atoms with E-state index in [0.29, 0.717) is 30.9 Å². The molecule has 0 saturated carbocycles. The van der Waals surface area contributed by atoms with Crippen LogP contribution < -0.4 is 20.7 Å². The van der Waals surface area contributed by atoms with Crippen LogP contribution in [0.1, 0.15) is 18.9 Å². The molecule has 5 heteroatoms. The monoisotopic (exact) mass is 327 g/mol. The van der Waals surface area contributed by atoms with Crippen LogP contribution in [0, 0.1) is 0 Å². The summed E-state index contributed by atoms with van der Waals surface area (Å²) < 4.78 is 5.41. The van der Waals surface area contributed by atoms with Gasteiger partial charge in [0.25, 0.3) is 0 Å². The summed E-state index contributed by atoms with van der Waals surface area (Å²) in [6.45, 7) is 2.50. The molecule has 128 valence electrons. The maximum Gasteiger partial charge on any atom is 0.224 e. The van der Waals surface area contributed by atoms with Gasteiger partial charge in [-0.25, -0.2) is 0 Å². The van der Waals surface area contributed by atoms with E-state index in [0.717, 1.165) is 16.9 Å². The van der Waals surface area contributed by atoms with Gasteiger partial charge in [0.05, 0.1) is 12.3 Å². The topological polar surface area (TPSA) is 67.6 Å². The molecular formula is C19H25N3O2. The molecule has 0 aromatic heterocycles. The number of anilines is 3. The van der Waals surface area contributed by atoms with Crippen molar-refractivity contribution in [3.05, 3.63) is 48.0 Å². The lowest BCUT2D eigenvalue weighted by atomic mass is 10.1. The van der Waals surface area contributed by atoms with Gasteiger partial charge in [-0.1, -0.05) is 6.07 Å². The summed E-state index contributed by atoms with van der Waals surface area (Å²) in [4.78, 5) is 14.1. The van der Waals surface area contributed by atoms with E-state index >= 15 is 0 Å². The number of nitrogens with two attached hydrogens (primary N) is 1. The molecule has 0 radical (unpaired) electrons. The third-order valence-corrected chi connectivity index (χ3v) is 3.68. The van der Waals surface area contributed by atoms with E-state index in [1.54, 1.807) is 0 Å². The lowest BCUT2D eigenvalue weighted by Crippen LogP contribution is -2.13. The zero-order chi connectivity index (χ0) is 17.5. The Labute approximate surface area is 143 Å². The fourth-order valence-corrected chi connectivity index (χ4v) is 2.36. The Bertz CT molecular complexity index is 682. The van der Waals surface area contributed by atoms with E-state index in [9.17, 15) is 4.79 Å². The Morgan fingerprint density at radius 1 is 1.17 bits per heavy atom. The number of amides is 1. The molecule has 0 spiro atoms. The smallest absolute Gasteiger partial charge is 0.224 e. The molecule has 0 aliphatic heterocycles. The number of nitrogens with one attached hydrogen (secondary N) is 1. The van der Waals surface area contributed by atoms with Gasteiger partial charge in [-0.05, 0) is 55.3 Å². The van der Waals surface area contributed by atoms with Crippen molar-refractivity contribution in [1.29, 1.82) is 0 Å². The highest BCUT2D eigenvalue weighted by Gasteiger charge is 2.06. The Morgan fingerprint density at radius 3 is 2.46 bits per heavy atom. The van der Waals surface area contributed by atoms with Crippen molar-refractivity contribution in [2.75, 3.05) is 36.7 Å². The molecular weight excluding hydrogens is 302 g/mol. The Kier molecular flexibility index (Phi) is 6.07. The van der Waals surface area contributed by atoms with Crippen molar-refractivity contribution in [1.82, 2.24) is 0 Å². The highest BCUT2D eigenvalue weighted by Crippen LogP contribution is 2.23. The summed E-state index contributed by atoms with van der Waals surface area (Å²) in [5.41, 5.74) is 9.47. The number of nitrogens with zero attached hydrogens (tertiary/aromatic N) is 1.